The Kier molecular flexibility index (Phi) is 3.86. The third-order valence-electron chi connectivity index (χ3n) is 5.63. The van der Waals surface area contributed by atoms with Crippen molar-refractivity contribution in [3.05, 3.63) is 59.4 Å². The number of nitrogens with one attached hydrogen (secondary N) is 2. The van der Waals surface area contributed by atoms with Crippen LogP contribution >= 0.6 is 0 Å². The maximum Gasteiger partial charge on any atom is 0.239 e. The van der Waals surface area contributed by atoms with Gasteiger partial charge in [-0.05, 0) is 42.9 Å². The number of carbonyl (C=O) groups is 1. The van der Waals surface area contributed by atoms with Gasteiger partial charge in [0.2, 0.25) is 5.91 Å². The fraction of sp³-hybridized carbons (Fsp3) is 0.350. The van der Waals surface area contributed by atoms with Crippen LogP contribution < -0.4 is 10.8 Å². The van der Waals surface area contributed by atoms with E-state index in [1.54, 1.807) is 13.2 Å². The second-order valence-electron chi connectivity index (χ2n) is 7.67. The number of hydrogen-bond acceptors (Lipinski definition) is 3. The van der Waals surface area contributed by atoms with Gasteiger partial charge in [0.1, 0.15) is 7.85 Å². The lowest BCUT2D eigenvalue weighted by atomic mass is 9.74. The maximum atomic E-state index is 13.2. The number of aromatic nitrogens is 1. The lowest BCUT2D eigenvalue weighted by Crippen LogP contribution is -2.63. The summed E-state index contributed by atoms with van der Waals surface area (Å²) in [6.07, 6.45) is 4.28. The first-order chi connectivity index (χ1) is 12.4. The van der Waals surface area contributed by atoms with Crippen molar-refractivity contribution in [2.45, 2.75) is 37.1 Å². The van der Waals surface area contributed by atoms with Gasteiger partial charge in [-0.1, -0.05) is 35.8 Å². The Labute approximate surface area is 154 Å². The molecule has 1 aliphatic heterocycles. The van der Waals surface area contributed by atoms with E-state index in [0.717, 1.165) is 16.7 Å². The van der Waals surface area contributed by atoms with E-state index in [1.165, 1.54) is 23.3 Å². The number of carbonyl (C=O) groups excluding carboxylic acids is 1. The summed E-state index contributed by atoms with van der Waals surface area (Å²) in [6, 6.07) is 12.3. The van der Waals surface area contributed by atoms with Crippen LogP contribution in [0.5, 0.6) is 0 Å². The third-order valence-corrected chi connectivity index (χ3v) is 5.63. The molecular formula is C20H23BN4O. The van der Waals surface area contributed by atoms with E-state index >= 15 is 0 Å². The highest BCUT2D eigenvalue weighted by Gasteiger charge is 2.49. The molecule has 2 fully saturated rings. The maximum absolute atomic E-state index is 13.2. The van der Waals surface area contributed by atoms with Crippen LogP contribution in [0.25, 0.3) is 0 Å². The van der Waals surface area contributed by atoms with Crippen LogP contribution in [-0.2, 0) is 10.3 Å². The Bertz CT molecular complexity index is 878. The van der Waals surface area contributed by atoms with Crippen LogP contribution in [0, 0.1) is 5.41 Å². The molecule has 2 N–H and O–H groups in total. The number of likely N-dealkylation sites (N-methyl/N-ethyl adjacent to an activating group) is 1. The van der Waals surface area contributed by atoms with Crippen molar-refractivity contribution in [1.29, 1.82) is 5.41 Å². The second-order valence-corrected chi connectivity index (χ2v) is 7.67. The molecule has 0 bridgehead atoms. The topological polar surface area (TPSA) is 69.1 Å². The molecule has 0 radical (unpaired) electrons. The molecule has 1 saturated carbocycles. The number of guanidine groups is 1. The molecule has 2 aliphatic rings. The zero-order valence-electron chi connectivity index (χ0n) is 15.4. The molecule has 0 spiro atoms. The minimum atomic E-state index is -0.770. The first-order valence-corrected chi connectivity index (χ1v) is 9.07. The van der Waals surface area contributed by atoms with Gasteiger partial charge in [0.25, 0.3) is 0 Å². The largest absolute Gasteiger partial charge is 0.344 e. The third kappa shape index (κ3) is 2.70. The predicted octanol–water partition coefficient (Wildman–Crippen LogP) is 1.21. The van der Waals surface area contributed by atoms with E-state index in [2.05, 4.69) is 34.6 Å². The summed E-state index contributed by atoms with van der Waals surface area (Å²) in [5.41, 5.74) is 3.39. The SMILES string of the molecule is Bc1ccnc([C@@]2(C)NC(=N)N(C)C(=O)[C@H]2c2ccc(C3CC3)cc2)c1. The summed E-state index contributed by atoms with van der Waals surface area (Å²) in [5.74, 6) is 0.263. The molecular weight excluding hydrogens is 323 g/mol. The predicted molar refractivity (Wildman–Crippen MR) is 105 cm³/mol. The van der Waals surface area contributed by atoms with Gasteiger partial charge in [-0.15, -0.1) is 0 Å². The summed E-state index contributed by atoms with van der Waals surface area (Å²) in [5, 5.41) is 11.4. The molecule has 1 saturated heterocycles. The molecule has 2 aromatic rings. The van der Waals surface area contributed by atoms with Crippen molar-refractivity contribution >= 4 is 25.2 Å². The smallest absolute Gasteiger partial charge is 0.239 e. The van der Waals surface area contributed by atoms with E-state index in [4.69, 9.17) is 5.41 Å². The van der Waals surface area contributed by atoms with Crippen molar-refractivity contribution in [1.82, 2.24) is 15.2 Å². The van der Waals surface area contributed by atoms with Gasteiger partial charge in [0.15, 0.2) is 5.96 Å². The highest BCUT2D eigenvalue weighted by molar-refractivity contribution is 6.32. The van der Waals surface area contributed by atoms with E-state index in [-0.39, 0.29) is 11.9 Å². The van der Waals surface area contributed by atoms with Gasteiger partial charge in [0.05, 0.1) is 17.2 Å². The number of hydrogen-bond donors (Lipinski definition) is 2. The molecule has 5 nitrogen and oxygen atoms in total. The average molecular weight is 346 g/mol. The van der Waals surface area contributed by atoms with Crippen molar-refractivity contribution in [2.75, 3.05) is 7.05 Å². The Balaban J connectivity index is 1.80. The molecule has 4 rings (SSSR count). The van der Waals surface area contributed by atoms with Gasteiger partial charge in [-0.3, -0.25) is 20.1 Å². The molecule has 2 atom stereocenters. The van der Waals surface area contributed by atoms with E-state index in [1.807, 2.05) is 26.9 Å². The number of amides is 1. The zero-order valence-corrected chi connectivity index (χ0v) is 15.4. The van der Waals surface area contributed by atoms with E-state index < -0.39 is 11.5 Å². The summed E-state index contributed by atoms with van der Waals surface area (Å²) in [7, 11) is 3.66. The van der Waals surface area contributed by atoms with Crippen LogP contribution in [-0.4, -0.2) is 36.6 Å². The highest BCUT2D eigenvalue weighted by atomic mass is 16.2. The van der Waals surface area contributed by atoms with Crippen LogP contribution in [0.4, 0.5) is 0 Å². The van der Waals surface area contributed by atoms with Crippen molar-refractivity contribution in [3.63, 3.8) is 0 Å². The average Bonchev–Trinajstić information content (AvgIpc) is 3.46. The minimum absolute atomic E-state index is 0.0845. The molecule has 6 heteroatoms. The fourth-order valence-electron chi connectivity index (χ4n) is 3.84. The Morgan fingerprint density at radius 2 is 1.88 bits per heavy atom. The number of pyridine rings is 1. The Morgan fingerprint density at radius 3 is 2.50 bits per heavy atom. The summed E-state index contributed by atoms with van der Waals surface area (Å²) < 4.78 is 0. The van der Waals surface area contributed by atoms with Crippen LogP contribution in [0.15, 0.2) is 42.6 Å². The first-order valence-electron chi connectivity index (χ1n) is 9.07. The standard InChI is InChI=1S/C20H23BN4O/c1-20(16-11-15(21)9-10-23-16)17(18(26)25(2)19(22)24-20)14-7-5-13(6-8-14)12-3-4-12/h5-12,17H,3-4,21H2,1-2H3,(H2,22,24)/t17-,20-/m1/s1. The summed E-state index contributed by atoms with van der Waals surface area (Å²) >= 11 is 0. The normalized spacial score (nSPS) is 25.9. The fourth-order valence-corrected chi connectivity index (χ4v) is 3.84. The van der Waals surface area contributed by atoms with Gasteiger partial charge in [-0.2, -0.15) is 0 Å². The van der Waals surface area contributed by atoms with Crippen molar-refractivity contribution in [3.8, 4) is 0 Å². The Hall–Kier alpha value is -2.63. The monoisotopic (exact) mass is 346 g/mol. The molecule has 1 aliphatic carbocycles. The molecule has 132 valence electrons. The van der Waals surface area contributed by atoms with Gasteiger partial charge >= 0.3 is 0 Å². The quantitative estimate of drug-likeness (QED) is 0.821. The lowest BCUT2D eigenvalue weighted by molar-refractivity contribution is -0.131. The van der Waals surface area contributed by atoms with E-state index in [0.29, 0.717) is 5.92 Å². The molecule has 0 unspecified atom stereocenters. The van der Waals surface area contributed by atoms with Gasteiger partial charge in [-0.25, -0.2) is 0 Å². The zero-order chi connectivity index (χ0) is 18.5. The number of rotatable bonds is 3. The first kappa shape index (κ1) is 16.8. The lowest BCUT2D eigenvalue weighted by Gasteiger charge is -2.45. The van der Waals surface area contributed by atoms with Crippen LogP contribution in [0.1, 0.15) is 48.4 Å². The Morgan fingerprint density at radius 1 is 1.23 bits per heavy atom. The van der Waals surface area contributed by atoms with Gasteiger partial charge < -0.3 is 5.32 Å². The molecule has 1 aromatic heterocycles. The van der Waals surface area contributed by atoms with Crippen LogP contribution in [0.2, 0.25) is 0 Å². The highest BCUT2D eigenvalue weighted by Crippen LogP contribution is 2.43. The van der Waals surface area contributed by atoms with Gasteiger partial charge in [0, 0.05) is 13.2 Å². The van der Waals surface area contributed by atoms with E-state index in [9.17, 15) is 4.79 Å². The summed E-state index contributed by atoms with van der Waals surface area (Å²) in [4.78, 5) is 19.1. The molecule has 1 aromatic carbocycles. The summed E-state index contributed by atoms with van der Waals surface area (Å²) in [6.45, 7) is 1.97. The van der Waals surface area contributed by atoms with Crippen LogP contribution in [0.3, 0.4) is 0 Å². The van der Waals surface area contributed by atoms with Crippen molar-refractivity contribution < 1.29 is 4.79 Å². The molecule has 2 heterocycles. The molecule has 1 amide bonds. The molecule has 26 heavy (non-hydrogen) atoms. The second kappa shape index (κ2) is 5.97. The van der Waals surface area contributed by atoms with Crippen molar-refractivity contribution in [2.24, 2.45) is 0 Å². The number of nitrogens with zero attached hydrogens (tertiary/aromatic N) is 2. The number of benzene rings is 1. The minimum Gasteiger partial charge on any atom is -0.344 e.